The molecule has 1 N–H and O–H groups in total. The van der Waals surface area contributed by atoms with E-state index in [2.05, 4.69) is 15.2 Å². The number of nitrogens with one attached hydrogen (secondary N) is 1. The molecule has 2 fully saturated rings. The van der Waals surface area contributed by atoms with Gasteiger partial charge >= 0.3 is 0 Å². The van der Waals surface area contributed by atoms with E-state index in [-0.39, 0.29) is 5.75 Å². The minimum atomic E-state index is -3.03. The lowest BCUT2D eigenvalue weighted by Gasteiger charge is -2.39. The van der Waals surface area contributed by atoms with Gasteiger partial charge in [-0.15, -0.1) is 0 Å². The SMILES string of the molecule is CCNC(=NCCCOC1CCCCC1)N1CCS(=O)(=O)C(C)(C)C1. The number of guanidine groups is 1. The highest BCUT2D eigenvalue weighted by Crippen LogP contribution is 2.24. The van der Waals surface area contributed by atoms with Gasteiger partial charge in [-0.05, 0) is 40.0 Å². The average molecular weight is 374 g/mol. The fourth-order valence-corrected chi connectivity index (χ4v) is 4.85. The van der Waals surface area contributed by atoms with Gasteiger partial charge in [-0.2, -0.15) is 0 Å². The zero-order chi connectivity index (χ0) is 18.3. The summed E-state index contributed by atoms with van der Waals surface area (Å²) >= 11 is 0. The van der Waals surface area contributed by atoms with Gasteiger partial charge in [0, 0.05) is 32.8 Å². The number of aliphatic imine (C=N–C) groups is 1. The third kappa shape index (κ3) is 5.84. The third-order valence-electron chi connectivity index (χ3n) is 5.15. The van der Waals surface area contributed by atoms with Gasteiger partial charge in [0.25, 0.3) is 0 Å². The molecule has 0 bridgehead atoms. The highest BCUT2D eigenvalue weighted by atomic mass is 32.2. The molecule has 1 heterocycles. The zero-order valence-corrected chi connectivity index (χ0v) is 16.9. The van der Waals surface area contributed by atoms with Gasteiger partial charge in [-0.3, -0.25) is 4.99 Å². The summed E-state index contributed by atoms with van der Waals surface area (Å²) in [5, 5.41) is 3.30. The van der Waals surface area contributed by atoms with Crippen molar-refractivity contribution in [2.24, 2.45) is 4.99 Å². The molecule has 0 aromatic carbocycles. The molecule has 0 aromatic rings. The molecule has 1 saturated carbocycles. The van der Waals surface area contributed by atoms with Gasteiger partial charge < -0.3 is 15.0 Å². The predicted octanol–water partition coefficient (Wildman–Crippen LogP) is 2.20. The molecule has 2 aliphatic rings. The van der Waals surface area contributed by atoms with Crippen LogP contribution < -0.4 is 5.32 Å². The number of hydrogen-bond donors (Lipinski definition) is 1. The lowest BCUT2D eigenvalue weighted by atomic mass is 9.98. The third-order valence-corrected chi connectivity index (χ3v) is 7.68. The molecule has 1 aliphatic heterocycles. The van der Waals surface area contributed by atoms with Crippen LogP contribution in [0.2, 0.25) is 0 Å². The summed E-state index contributed by atoms with van der Waals surface area (Å²) in [6, 6.07) is 0. The van der Waals surface area contributed by atoms with Gasteiger partial charge in [-0.1, -0.05) is 19.3 Å². The minimum absolute atomic E-state index is 0.190. The van der Waals surface area contributed by atoms with Gasteiger partial charge in [0.15, 0.2) is 15.8 Å². The molecule has 7 heteroatoms. The maximum atomic E-state index is 12.2. The molecule has 1 saturated heterocycles. The van der Waals surface area contributed by atoms with Crippen LogP contribution in [0.5, 0.6) is 0 Å². The topological polar surface area (TPSA) is 71.0 Å². The Morgan fingerprint density at radius 2 is 2.00 bits per heavy atom. The van der Waals surface area contributed by atoms with Crippen LogP contribution in [-0.2, 0) is 14.6 Å². The largest absolute Gasteiger partial charge is 0.378 e. The van der Waals surface area contributed by atoms with Crippen LogP contribution in [0.25, 0.3) is 0 Å². The van der Waals surface area contributed by atoms with Crippen molar-refractivity contribution in [2.75, 3.05) is 38.5 Å². The average Bonchev–Trinajstić information content (AvgIpc) is 2.57. The van der Waals surface area contributed by atoms with Crippen molar-refractivity contribution in [3.63, 3.8) is 0 Å². The van der Waals surface area contributed by atoms with Gasteiger partial charge in [0.05, 0.1) is 16.6 Å². The molecule has 0 radical (unpaired) electrons. The Morgan fingerprint density at radius 3 is 2.64 bits per heavy atom. The van der Waals surface area contributed by atoms with E-state index in [4.69, 9.17) is 4.74 Å². The molecule has 0 atom stereocenters. The number of sulfone groups is 1. The van der Waals surface area contributed by atoms with Gasteiger partial charge in [-0.25, -0.2) is 8.42 Å². The Kier molecular flexibility index (Phi) is 7.55. The van der Waals surface area contributed by atoms with Crippen LogP contribution >= 0.6 is 0 Å². The number of hydrogen-bond acceptors (Lipinski definition) is 4. The van der Waals surface area contributed by atoms with Crippen molar-refractivity contribution < 1.29 is 13.2 Å². The Labute approximate surface area is 153 Å². The van der Waals surface area contributed by atoms with E-state index in [1.54, 1.807) is 13.8 Å². The quantitative estimate of drug-likeness (QED) is 0.439. The second-order valence-electron chi connectivity index (χ2n) is 7.72. The maximum Gasteiger partial charge on any atom is 0.193 e. The Morgan fingerprint density at radius 1 is 1.28 bits per heavy atom. The zero-order valence-electron chi connectivity index (χ0n) is 16.1. The Balaban J connectivity index is 1.81. The van der Waals surface area contributed by atoms with Gasteiger partial charge in [0.1, 0.15) is 0 Å². The highest BCUT2D eigenvalue weighted by Gasteiger charge is 2.40. The lowest BCUT2D eigenvalue weighted by Crippen LogP contribution is -2.57. The normalized spacial score (nSPS) is 24.3. The summed E-state index contributed by atoms with van der Waals surface area (Å²) in [7, 11) is -3.03. The number of nitrogens with zero attached hydrogens (tertiary/aromatic N) is 2. The molecule has 25 heavy (non-hydrogen) atoms. The first-order valence-electron chi connectivity index (χ1n) is 9.73. The molecular formula is C18H35N3O3S. The first-order chi connectivity index (χ1) is 11.9. The summed E-state index contributed by atoms with van der Waals surface area (Å²) in [5.41, 5.74) is 0. The molecule has 146 valence electrons. The first kappa shape index (κ1) is 20.5. The summed E-state index contributed by atoms with van der Waals surface area (Å²) in [6.45, 7) is 8.88. The Bertz CT molecular complexity index is 540. The monoisotopic (exact) mass is 373 g/mol. The lowest BCUT2D eigenvalue weighted by molar-refractivity contribution is 0.0281. The van der Waals surface area contributed by atoms with Crippen molar-refractivity contribution >= 4 is 15.8 Å². The van der Waals surface area contributed by atoms with Crippen LogP contribution in [0.1, 0.15) is 59.3 Å². The van der Waals surface area contributed by atoms with Crippen LogP contribution in [0.4, 0.5) is 0 Å². The smallest absolute Gasteiger partial charge is 0.193 e. The summed E-state index contributed by atoms with van der Waals surface area (Å²) < 4.78 is 29.6. The van der Waals surface area contributed by atoms with Crippen LogP contribution in [-0.4, -0.2) is 68.7 Å². The van der Waals surface area contributed by atoms with E-state index in [0.29, 0.717) is 25.7 Å². The molecule has 0 unspecified atom stereocenters. The molecule has 0 spiro atoms. The summed E-state index contributed by atoms with van der Waals surface area (Å²) in [5.74, 6) is 1.01. The predicted molar refractivity (Wildman–Crippen MR) is 103 cm³/mol. The molecule has 0 amide bonds. The van der Waals surface area contributed by atoms with Crippen LogP contribution in [0.3, 0.4) is 0 Å². The fourth-order valence-electron chi connectivity index (χ4n) is 3.48. The van der Waals surface area contributed by atoms with Crippen molar-refractivity contribution in [2.45, 2.75) is 70.1 Å². The van der Waals surface area contributed by atoms with E-state index >= 15 is 0 Å². The fraction of sp³-hybridized carbons (Fsp3) is 0.944. The molecule has 6 nitrogen and oxygen atoms in total. The molecule has 2 rings (SSSR count). The van der Waals surface area contributed by atoms with E-state index in [1.807, 2.05) is 6.92 Å². The number of ether oxygens (including phenoxy) is 1. The van der Waals surface area contributed by atoms with Gasteiger partial charge in [0.2, 0.25) is 0 Å². The first-order valence-corrected chi connectivity index (χ1v) is 11.4. The number of rotatable bonds is 6. The Hall–Kier alpha value is -0.820. The summed E-state index contributed by atoms with van der Waals surface area (Å²) in [4.78, 5) is 6.77. The highest BCUT2D eigenvalue weighted by molar-refractivity contribution is 7.92. The van der Waals surface area contributed by atoms with Crippen molar-refractivity contribution in [3.05, 3.63) is 0 Å². The maximum absolute atomic E-state index is 12.2. The summed E-state index contributed by atoms with van der Waals surface area (Å²) in [6.07, 6.45) is 7.67. The second-order valence-corrected chi connectivity index (χ2v) is 10.5. The van der Waals surface area contributed by atoms with Crippen LogP contribution in [0.15, 0.2) is 4.99 Å². The minimum Gasteiger partial charge on any atom is -0.378 e. The van der Waals surface area contributed by atoms with Crippen molar-refractivity contribution in [3.8, 4) is 0 Å². The van der Waals surface area contributed by atoms with E-state index < -0.39 is 14.6 Å². The standard InChI is InChI=1S/C18H35N3O3S/c1-4-19-17(21-12-14-25(22,23)18(2,3)15-21)20-11-8-13-24-16-9-6-5-7-10-16/h16H,4-15H2,1-3H3,(H,19,20). The second kappa shape index (κ2) is 9.21. The van der Waals surface area contributed by atoms with Crippen LogP contribution in [0, 0.1) is 0 Å². The van der Waals surface area contributed by atoms with E-state index in [0.717, 1.165) is 25.5 Å². The molecular weight excluding hydrogens is 338 g/mol. The molecule has 0 aromatic heterocycles. The van der Waals surface area contributed by atoms with E-state index in [9.17, 15) is 8.42 Å². The van der Waals surface area contributed by atoms with Crippen molar-refractivity contribution in [1.82, 2.24) is 10.2 Å². The molecule has 1 aliphatic carbocycles. The van der Waals surface area contributed by atoms with Crippen molar-refractivity contribution in [1.29, 1.82) is 0 Å². The van der Waals surface area contributed by atoms with E-state index in [1.165, 1.54) is 32.1 Å².